The topological polar surface area (TPSA) is 17.0 Å². The van der Waals surface area contributed by atoms with Crippen LogP contribution in [0.3, 0.4) is 0 Å². The lowest BCUT2D eigenvalue weighted by Gasteiger charge is -2.35. The predicted octanol–water partition coefficient (Wildman–Crippen LogP) is 5.34. The van der Waals surface area contributed by atoms with Gasteiger partial charge in [0.15, 0.2) is 0 Å². The Hall–Kier alpha value is -4.24. The first-order chi connectivity index (χ1) is 16.4. The lowest BCUT2D eigenvalue weighted by atomic mass is 9.34. The smallest absolute Gasteiger partial charge is 0.252 e. The normalized spacial score (nSPS) is 13.0. The molecule has 0 bridgehead atoms. The van der Waals surface area contributed by atoms with Crippen LogP contribution in [0.2, 0.25) is 0 Å². The second kappa shape index (κ2) is 6.17. The molecule has 8 rings (SSSR count). The molecule has 3 heteroatoms. The Morgan fingerprint density at radius 2 is 1.36 bits per heavy atom. The molecule has 0 aliphatic carbocycles. The summed E-state index contributed by atoms with van der Waals surface area (Å²) in [5, 5.41) is 6.48. The number of rotatable bonds is 1. The SMILES string of the molecule is c1ccc(-c2cccc3c2Nc2cccc4c2B3c2cccc3c5ccccc5n-4c23)cc1. The second-order valence-corrected chi connectivity index (χ2v) is 9.03. The van der Waals surface area contributed by atoms with Gasteiger partial charge in [0.2, 0.25) is 0 Å². The molecule has 1 aromatic heterocycles. The third kappa shape index (κ3) is 2.14. The van der Waals surface area contributed by atoms with Crippen LogP contribution < -0.4 is 21.7 Å². The van der Waals surface area contributed by atoms with E-state index in [1.54, 1.807) is 0 Å². The number of hydrogen-bond acceptors (Lipinski definition) is 1. The summed E-state index contributed by atoms with van der Waals surface area (Å²) in [5.41, 5.74) is 12.9. The Bertz CT molecular complexity index is 1750. The molecule has 3 heterocycles. The molecule has 1 N–H and O–H groups in total. The maximum atomic E-state index is 3.84. The van der Waals surface area contributed by atoms with E-state index >= 15 is 0 Å². The maximum Gasteiger partial charge on any atom is 0.252 e. The van der Waals surface area contributed by atoms with Crippen LogP contribution in [-0.2, 0) is 0 Å². The number of aromatic nitrogens is 1. The number of nitrogens with zero attached hydrogens (tertiary/aromatic N) is 1. The Balaban J connectivity index is 1.53. The molecule has 33 heavy (non-hydrogen) atoms. The largest absolute Gasteiger partial charge is 0.356 e. The van der Waals surface area contributed by atoms with Gasteiger partial charge in [-0.1, -0.05) is 91.0 Å². The maximum absolute atomic E-state index is 3.84. The van der Waals surface area contributed by atoms with Gasteiger partial charge in [-0.25, -0.2) is 0 Å². The highest BCUT2D eigenvalue weighted by Gasteiger charge is 2.39. The quantitative estimate of drug-likeness (QED) is 0.356. The van der Waals surface area contributed by atoms with Crippen molar-refractivity contribution in [2.75, 3.05) is 5.32 Å². The molecule has 2 aliphatic heterocycles. The molecule has 152 valence electrons. The Morgan fingerprint density at radius 3 is 2.30 bits per heavy atom. The zero-order chi connectivity index (χ0) is 21.5. The average Bonchev–Trinajstić information content (AvgIpc) is 3.22. The minimum absolute atomic E-state index is 0.205. The van der Waals surface area contributed by atoms with Gasteiger partial charge in [-0.15, -0.1) is 0 Å². The van der Waals surface area contributed by atoms with Gasteiger partial charge in [0.1, 0.15) is 0 Å². The van der Waals surface area contributed by atoms with Crippen LogP contribution in [0.5, 0.6) is 0 Å². The molecule has 2 aliphatic rings. The molecule has 0 saturated heterocycles. The summed E-state index contributed by atoms with van der Waals surface area (Å²) in [7, 11) is 0. The summed E-state index contributed by atoms with van der Waals surface area (Å²) < 4.78 is 2.48. The van der Waals surface area contributed by atoms with Crippen LogP contribution in [0.4, 0.5) is 11.4 Å². The van der Waals surface area contributed by atoms with Gasteiger partial charge < -0.3 is 9.88 Å². The fourth-order valence-electron chi connectivity index (χ4n) is 6.11. The van der Waals surface area contributed by atoms with E-state index in [1.165, 1.54) is 66.4 Å². The minimum Gasteiger partial charge on any atom is -0.356 e. The van der Waals surface area contributed by atoms with E-state index in [4.69, 9.17) is 0 Å². The summed E-state index contributed by atoms with van der Waals surface area (Å²) >= 11 is 0. The Kier molecular flexibility index (Phi) is 3.24. The predicted molar refractivity (Wildman–Crippen MR) is 141 cm³/mol. The van der Waals surface area contributed by atoms with Crippen LogP contribution in [0.1, 0.15) is 0 Å². The van der Waals surface area contributed by atoms with E-state index in [-0.39, 0.29) is 6.71 Å². The van der Waals surface area contributed by atoms with Gasteiger partial charge in [-0.3, -0.25) is 0 Å². The van der Waals surface area contributed by atoms with Crippen LogP contribution in [0, 0.1) is 0 Å². The van der Waals surface area contributed by atoms with Gasteiger partial charge >= 0.3 is 0 Å². The molecule has 0 fully saturated rings. The molecule has 5 aromatic carbocycles. The Morgan fingerprint density at radius 1 is 0.606 bits per heavy atom. The summed E-state index contributed by atoms with van der Waals surface area (Å²) in [6.07, 6.45) is 0. The summed E-state index contributed by atoms with van der Waals surface area (Å²) in [4.78, 5) is 0. The van der Waals surface area contributed by atoms with E-state index in [0.717, 1.165) is 0 Å². The standard InChI is InChI=1S/C30H19BN2/c1-2-9-19(10-3-1)20-12-6-14-23-29(20)32-25-16-8-18-27-28(25)31(23)24-15-7-13-22-21-11-4-5-17-26(21)33(27)30(22)24/h1-18,32H. The van der Waals surface area contributed by atoms with E-state index < -0.39 is 0 Å². The molecule has 2 nitrogen and oxygen atoms in total. The molecule has 0 spiro atoms. The summed E-state index contributed by atoms with van der Waals surface area (Å²) in [6, 6.07) is 39.7. The fourth-order valence-corrected chi connectivity index (χ4v) is 6.11. The highest BCUT2D eigenvalue weighted by molar-refractivity contribution is 7.00. The van der Waals surface area contributed by atoms with Crippen LogP contribution in [-0.4, -0.2) is 11.3 Å². The van der Waals surface area contributed by atoms with Gasteiger partial charge in [-0.05, 0) is 40.2 Å². The van der Waals surface area contributed by atoms with Crippen molar-refractivity contribution in [1.82, 2.24) is 4.57 Å². The number of benzene rings is 5. The van der Waals surface area contributed by atoms with E-state index in [1.807, 2.05) is 0 Å². The monoisotopic (exact) mass is 418 g/mol. The Labute approximate surface area is 192 Å². The number of para-hydroxylation sites is 3. The summed E-state index contributed by atoms with van der Waals surface area (Å²) in [5.74, 6) is 0. The third-order valence-electron chi connectivity index (χ3n) is 7.40. The molecule has 0 amide bonds. The molecular weight excluding hydrogens is 399 g/mol. The van der Waals surface area contributed by atoms with Crippen LogP contribution in [0.15, 0.2) is 109 Å². The van der Waals surface area contributed by atoms with E-state index in [9.17, 15) is 0 Å². The van der Waals surface area contributed by atoms with Gasteiger partial charge in [0.05, 0.1) is 5.52 Å². The first-order valence-electron chi connectivity index (χ1n) is 11.5. The van der Waals surface area contributed by atoms with E-state index in [2.05, 4.69) is 119 Å². The van der Waals surface area contributed by atoms with Crippen molar-refractivity contribution in [3.8, 4) is 16.8 Å². The molecular formula is C30H19BN2. The molecule has 0 atom stereocenters. The van der Waals surface area contributed by atoms with Gasteiger partial charge in [0, 0.05) is 38.9 Å². The third-order valence-corrected chi connectivity index (χ3v) is 7.40. The molecule has 6 aromatic rings. The van der Waals surface area contributed by atoms with Crippen molar-refractivity contribution in [3.05, 3.63) is 109 Å². The fraction of sp³-hybridized carbons (Fsp3) is 0. The highest BCUT2D eigenvalue weighted by Crippen LogP contribution is 2.37. The number of anilines is 2. The highest BCUT2D eigenvalue weighted by atomic mass is 15.0. The second-order valence-electron chi connectivity index (χ2n) is 9.03. The molecule has 0 radical (unpaired) electrons. The summed E-state index contributed by atoms with van der Waals surface area (Å²) in [6.45, 7) is 0.205. The van der Waals surface area contributed by atoms with Crippen molar-refractivity contribution < 1.29 is 0 Å². The average molecular weight is 418 g/mol. The number of hydrogen-bond donors (Lipinski definition) is 1. The minimum atomic E-state index is 0.205. The first-order valence-corrected chi connectivity index (χ1v) is 11.5. The lowest BCUT2D eigenvalue weighted by molar-refractivity contribution is 1.19. The van der Waals surface area contributed by atoms with Crippen molar-refractivity contribution in [2.24, 2.45) is 0 Å². The lowest BCUT2D eigenvalue weighted by Crippen LogP contribution is -2.59. The first kappa shape index (κ1) is 17.3. The zero-order valence-corrected chi connectivity index (χ0v) is 17.9. The van der Waals surface area contributed by atoms with Gasteiger partial charge in [-0.2, -0.15) is 0 Å². The zero-order valence-electron chi connectivity index (χ0n) is 17.9. The van der Waals surface area contributed by atoms with Crippen LogP contribution in [0.25, 0.3) is 38.6 Å². The molecule has 0 saturated carbocycles. The number of fused-ring (bicyclic) bond motifs is 7. The van der Waals surface area contributed by atoms with Gasteiger partial charge in [0.25, 0.3) is 6.71 Å². The van der Waals surface area contributed by atoms with E-state index in [0.29, 0.717) is 0 Å². The van der Waals surface area contributed by atoms with Crippen molar-refractivity contribution in [1.29, 1.82) is 0 Å². The number of nitrogens with one attached hydrogen (secondary N) is 1. The molecule has 0 unspecified atom stereocenters. The van der Waals surface area contributed by atoms with Crippen molar-refractivity contribution in [3.63, 3.8) is 0 Å². The van der Waals surface area contributed by atoms with Crippen LogP contribution >= 0.6 is 0 Å². The van der Waals surface area contributed by atoms with Crippen molar-refractivity contribution in [2.45, 2.75) is 0 Å². The van der Waals surface area contributed by atoms with Crippen molar-refractivity contribution >= 4 is 56.3 Å².